The fourth-order valence-electron chi connectivity index (χ4n) is 2.24. The zero-order valence-electron chi connectivity index (χ0n) is 10.0. The van der Waals surface area contributed by atoms with Crippen LogP contribution >= 0.6 is 0 Å². The van der Waals surface area contributed by atoms with Crippen LogP contribution in [0.3, 0.4) is 0 Å². The molecule has 16 heavy (non-hydrogen) atoms. The molecule has 0 aliphatic heterocycles. The minimum Gasteiger partial charge on any atom is -0.310 e. The first kappa shape index (κ1) is 11.6. The Kier molecular flexibility index (Phi) is 3.59. The second kappa shape index (κ2) is 4.96. The fourth-order valence-corrected chi connectivity index (χ4v) is 2.24. The van der Waals surface area contributed by atoms with E-state index in [9.17, 15) is 4.39 Å². The van der Waals surface area contributed by atoms with Gasteiger partial charge in [0.05, 0.1) is 0 Å². The molecule has 0 saturated heterocycles. The highest BCUT2D eigenvalue weighted by Gasteiger charge is 2.30. The summed E-state index contributed by atoms with van der Waals surface area (Å²) in [4.78, 5) is 0. The first-order chi connectivity index (χ1) is 7.65. The van der Waals surface area contributed by atoms with Gasteiger partial charge in [-0.2, -0.15) is 0 Å². The molecule has 1 saturated carbocycles. The van der Waals surface area contributed by atoms with Crippen molar-refractivity contribution in [3.05, 3.63) is 35.6 Å². The summed E-state index contributed by atoms with van der Waals surface area (Å²) in [6.45, 7) is 5.44. The number of hydrogen-bond acceptors (Lipinski definition) is 1. The second-order valence-electron chi connectivity index (χ2n) is 5.18. The van der Waals surface area contributed by atoms with Gasteiger partial charge in [-0.1, -0.05) is 26.0 Å². The first-order valence-electron chi connectivity index (χ1n) is 6.13. The van der Waals surface area contributed by atoms with Crippen molar-refractivity contribution in [2.24, 2.45) is 11.8 Å². The van der Waals surface area contributed by atoms with E-state index in [4.69, 9.17) is 0 Å². The minimum absolute atomic E-state index is 0.160. The molecule has 1 nitrogen and oxygen atoms in total. The van der Waals surface area contributed by atoms with Gasteiger partial charge in [-0.3, -0.25) is 0 Å². The molecule has 0 spiro atoms. The van der Waals surface area contributed by atoms with Gasteiger partial charge in [-0.25, -0.2) is 4.39 Å². The van der Waals surface area contributed by atoms with Gasteiger partial charge in [0, 0.05) is 12.6 Å². The molecule has 0 radical (unpaired) electrons. The van der Waals surface area contributed by atoms with Gasteiger partial charge < -0.3 is 5.32 Å². The summed E-state index contributed by atoms with van der Waals surface area (Å²) in [5, 5.41) is 3.52. The van der Waals surface area contributed by atoms with Gasteiger partial charge in [0.1, 0.15) is 5.82 Å². The SMILES string of the molecule is CC(C)C1CC(NCc2ccc(F)cc2)C1. The maximum Gasteiger partial charge on any atom is 0.123 e. The van der Waals surface area contributed by atoms with E-state index in [2.05, 4.69) is 19.2 Å². The molecular weight excluding hydrogens is 201 g/mol. The summed E-state index contributed by atoms with van der Waals surface area (Å²) in [6.07, 6.45) is 2.58. The topological polar surface area (TPSA) is 12.0 Å². The van der Waals surface area contributed by atoms with Crippen LogP contribution in [0.15, 0.2) is 24.3 Å². The van der Waals surface area contributed by atoms with Crippen molar-refractivity contribution >= 4 is 0 Å². The van der Waals surface area contributed by atoms with Crippen LogP contribution in [0.4, 0.5) is 4.39 Å². The van der Waals surface area contributed by atoms with E-state index in [0.717, 1.165) is 23.9 Å². The average molecular weight is 221 g/mol. The summed E-state index contributed by atoms with van der Waals surface area (Å²) in [5.74, 6) is 1.54. The van der Waals surface area contributed by atoms with Crippen LogP contribution in [-0.2, 0) is 6.54 Å². The number of benzene rings is 1. The van der Waals surface area contributed by atoms with Crippen molar-refractivity contribution in [2.75, 3.05) is 0 Å². The maximum atomic E-state index is 12.7. The van der Waals surface area contributed by atoms with Crippen molar-refractivity contribution in [1.29, 1.82) is 0 Å². The van der Waals surface area contributed by atoms with Gasteiger partial charge in [-0.05, 0) is 42.4 Å². The van der Waals surface area contributed by atoms with E-state index >= 15 is 0 Å². The number of halogens is 1. The molecule has 1 aromatic carbocycles. The van der Waals surface area contributed by atoms with Crippen LogP contribution in [0.5, 0.6) is 0 Å². The summed E-state index contributed by atoms with van der Waals surface area (Å²) in [6, 6.07) is 7.41. The third-order valence-electron chi connectivity index (χ3n) is 3.63. The summed E-state index contributed by atoms with van der Waals surface area (Å²) in [5.41, 5.74) is 1.16. The standard InChI is InChI=1S/C14H20FN/c1-10(2)12-7-14(8-12)16-9-11-3-5-13(15)6-4-11/h3-6,10,12,14,16H,7-9H2,1-2H3. The van der Waals surface area contributed by atoms with Gasteiger partial charge in [0.15, 0.2) is 0 Å². The van der Waals surface area contributed by atoms with Crippen LogP contribution < -0.4 is 5.32 Å². The monoisotopic (exact) mass is 221 g/mol. The minimum atomic E-state index is -0.160. The van der Waals surface area contributed by atoms with E-state index in [0.29, 0.717) is 6.04 Å². The lowest BCUT2D eigenvalue weighted by Crippen LogP contribution is -2.42. The van der Waals surface area contributed by atoms with Crippen LogP contribution in [0.25, 0.3) is 0 Å². The zero-order valence-corrected chi connectivity index (χ0v) is 10.0. The summed E-state index contributed by atoms with van der Waals surface area (Å²) < 4.78 is 12.7. The molecule has 1 aromatic rings. The molecule has 0 atom stereocenters. The molecule has 1 aliphatic carbocycles. The van der Waals surface area contributed by atoms with E-state index in [-0.39, 0.29) is 5.82 Å². The molecule has 88 valence electrons. The third-order valence-corrected chi connectivity index (χ3v) is 3.63. The quantitative estimate of drug-likeness (QED) is 0.822. The summed E-state index contributed by atoms with van der Waals surface area (Å²) >= 11 is 0. The lowest BCUT2D eigenvalue weighted by molar-refractivity contribution is 0.167. The van der Waals surface area contributed by atoms with Gasteiger partial charge >= 0.3 is 0 Å². The second-order valence-corrected chi connectivity index (χ2v) is 5.18. The molecular formula is C14H20FN. The first-order valence-corrected chi connectivity index (χ1v) is 6.13. The van der Waals surface area contributed by atoms with Crippen molar-refractivity contribution in [2.45, 2.75) is 39.3 Å². The lowest BCUT2D eigenvalue weighted by Gasteiger charge is -2.38. The predicted octanol–water partition coefficient (Wildman–Crippen LogP) is 3.35. The zero-order chi connectivity index (χ0) is 11.5. The van der Waals surface area contributed by atoms with Gasteiger partial charge in [-0.15, -0.1) is 0 Å². The van der Waals surface area contributed by atoms with Crippen LogP contribution in [0, 0.1) is 17.7 Å². The van der Waals surface area contributed by atoms with Crippen molar-refractivity contribution in [1.82, 2.24) is 5.32 Å². The Labute approximate surface area is 97.1 Å². The molecule has 1 aliphatic rings. The van der Waals surface area contributed by atoms with Gasteiger partial charge in [0.2, 0.25) is 0 Å². The highest BCUT2D eigenvalue weighted by molar-refractivity contribution is 5.15. The summed E-state index contributed by atoms with van der Waals surface area (Å²) in [7, 11) is 0. The third kappa shape index (κ3) is 2.82. The van der Waals surface area contributed by atoms with E-state index in [1.54, 1.807) is 0 Å². The largest absolute Gasteiger partial charge is 0.310 e. The molecule has 2 heteroatoms. The predicted molar refractivity (Wildman–Crippen MR) is 64.6 cm³/mol. The number of hydrogen-bond donors (Lipinski definition) is 1. The molecule has 0 bridgehead atoms. The van der Waals surface area contributed by atoms with Crippen LogP contribution in [0.2, 0.25) is 0 Å². The normalized spacial score (nSPS) is 24.5. The Morgan fingerprint density at radius 2 is 1.88 bits per heavy atom. The smallest absolute Gasteiger partial charge is 0.123 e. The van der Waals surface area contributed by atoms with Crippen molar-refractivity contribution in [3.63, 3.8) is 0 Å². The molecule has 1 N–H and O–H groups in total. The Bertz CT molecular complexity index is 325. The van der Waals surface area contributed by atoms with Gasteiger partial charge in [0.25, 0.3) is 0 Å². The number of rotatable bonds is 4. The van der Waals surface area contributed by atoms with Crippen LogP contribution in [0.1, 0.15) is 32.3 Å². The highest BCUT2D eigenvalue weighted by atomic mass is 19.1. The fraction of sp³-hybridized carbons (Fsp3) is 0.571. The van der Waals surface area contributed by atoms with E-state index in [1.165, 1.54) is 25.0 Å². The Morgan fingerprint density at radius 3 is 2.44 bits per heavy atom. The molecule has 0 aromatic heterocycles. The van der Waals surface area contributed by atoms with Crippen molar-refractivity contribution in [3.8, 4) is 0 Å². The molecule has 2 rings (SSSR count). The van der Waals surface area contributed by atoms with E-state index < -0.39 is 0 Å². The Morgan fingerprint density at radius 1 is 1.25 bits per heavy atom. The number of nitrogens with one attached hydrogen (secondary N) is 1. The molecule has 0 unspecified atom stereocenters. The molecule has 0 amide bonds. The highest BCUT2D eigenvalue weighted by Crippen LogP contribution is 2.33. The molecule has 0 heterocycles. The van der Waals surface area contributed by atoms with E-state index in [1.807, 2.05) is 12.1 Å². The lowest BCUT2D eigenvalue weighted by atomic mass is 9.73. The Hall–Kier alpha value is -0.890. The maximum absolute atomic E-state index is 12.7. The van der Waals surface area contributed by atoms with Crippen LogP contribution in [-0.4, -0.2) is 6.04 Å². The molecule has 1 fully saturated rings. The Balaban J connectivity index is 1.71. The van der Waals surface area contributed by atoms with Crippen molar-refractivity contribution < 1.29 is 4.39 Å². The average Bonchev–Trinajstić information content (AvgIpc) is 2.18.